The van der Waals surface area contributed by atoms with E-state index in [9.17, 15) is 0 Å². The van der Waals surface area contributed by atoms with Crippen LogP contribution in [-0.2, 0) is 10.2 Å². The van der Waals surface area contributed by atoms with Crippen LogP contribution in [0.3, 0.4) is 0 Å². The molecule has 1 aliphatic heterocycles. The second kappa shape index (κ2) is 5.74. The zero-order chi connectivity index (χ0) is 17.7. The number of hydrogen-bond donors (Lipinski definition) is 0. The number of fused-ring (bicyclic) bond motifs is 2. The second-order valence-electron chi connectivity index (χ2n) is 8.70. The molecular formula is C23H26O2. The number of rotatable bonds is 3. The Morgan fingerprint density at radius 1 is 0.960 bits per heavy atom. The van der Waals surface area contributed by atoms with Gasteiger partial charge in [0.25, 0.3) is 0 Å². The molecule has 0 aliphatic carbocycles. The van der Waals surface area contributed by atoms with Crippen LogP contribution in [-0.4, -0.2) is 19.8 Å². The minimum atomic E-state index is 0.116. The van der Waals surface area contributed by atoms with Crippen LogP contribution in [0.1, 0.15) is 33.3 Å². The Balaban J connectivity index is 1.89. The molecule has 4 rings (SSSR count). The average molecular weight is 334 g/mol. The van der Waals surface area contributed by atoms with E-state index in [1.54, 1.807) is 0 Å². The Bertz CT molecular complexity index is 930. The molecule has 1 heterocycles. The fourth-order valence-electron chi connectivity index (χ4n) is 3.42. The second-order valence-corrected chi connectivity index (χ2v) is 8.70. The molecule has 3 aromatic carbocycles. The summed E-state index contributed by atoms with van der Waals surface area (Å²) in [6.45, 7) is 11.2. The van der Waals surface area contributed by atoms with Gasteiger partial charge in [-0.2, -0.15) is 0 Å². The summed E-state index contributed by atoms with van der Waals surface area (Å²) in [5, 5.41) is 4.85. The summed E-state index contributed by atoms with van der Waals surface area (Å²) in [5.41, 5.74) is 1.58. The minimum absolute atomic E-state index is 0.116. The van der Waals surface area contributed by atoms with E-state index in [0.29, 0.717) is 6.61 Å². The Kier molecular flexibility index (Phi) is 3.77. The van der Waals surface area contributed by atoms with Crippen LogP contribution >= 0.6 is 0 Å². The van der Waals surface area contributed by atoms with Crippen molar-refractivity contribution in [2.75, 3.05) is 19.8 Å². The Morgan fingerprint density at radius 2 is 1.68 bits per heavy atom. The highest BCUT2D eigenvalue weighted by Gasteiger charge is 2.34. The molecule has 0 bridgehead atoms. The molecule has 0 amide bonds. The molecule has 0 saturated carbocycles. The van der Waals surface area contributed by atoms with Crippen molar-refractivity contribution in [3.05, 3.63) is 54.1 Å². The number of hydrogen-bond acceptors (Lipinski definition) is 2. The summed E-state index contributed by atoms with van der Waals surface area (Å²) in [6.07, 6.45) is 0. The van der Waals surface area contributed by atoms with Gasteiger partial charge in [0, 0.05) is 16.2 Å². The fourth-order valence-corrected chi connectivity index (χ4v) is 3.42. The quantitative estimate of drug-likeness (QED) is 0.572. The monoisotopic (exact) mass is 334 g/mol. The highest BCUT2D eigenvalue weighted by Crippen LogP contribution is 2.38. The molecular weight excluding hydrogens is 308 g/mol. The van der Waals surface area contributed by atoms with E-state index in [-0.39, 0.29) is 10.8 Å². The van der Waals surface area contributed by atoms with Gasteiger partial charge in [-0.3, -0.25) is 0 Å². The van der Waals surface area contributed by atoms with Crippen LogP contribution < -0.4 is 4.74 Å². The van der Waals surface area contributed by atoms with Crippen molar-refractivity contribution in [3.8, 4) is 5.75 Å². The summed E-state index contributed by atoms with van der Waals surface area (Å²) >= 11 is 0. The van der Waals surface area contributed by atoms with Gasteiger partial charge in [0.15, 0.2) is 0 Å². The van der Waals surface area contributed by atoms with Gasteiger partial charge in [-0.1, -0.05) is 64.1 Å². The van der Waals surface area contributed by atoms with Crippen LogP contribution in [0.5, 0.6) is 5.75 Å². The predicted molar refractivity (Wildman–Crippen MR) is 105 cm³/mol. The molecule has 1 saturated heterocycles. The molecule has 2 nitrogen and oxygen atoms in total. The van der Waals surface area contributed by atoms with E-state index in [4.69, 9.17) is 9.47 Å². The number of ether oxygens (including phenoxy) is 2. The van der Waals surface area contributed by atoms with Crippen molar-refractivity contribution < 1.29 is 9.47 Å². The van der Waals surface area contributed by atoms with Gasteiger partial charge in [-0.25, -0.2) is 0 Å². The molecule has 0 spiro atoms. The zero-order valence-corrected chi connectivity index (χ0v) is 15.6. The summed E-state index contributed by atoms with van der Waals surface area (Å²) < 4.78 is 11.8. The summed E-state index contributed by atoms with van der Waals surface area (Å²) in [6, 6.07) is 17.5. The molecule has 3 aromatic rings. The lowest BCUT2D eigenvalue weighted by Crippen LogP contribution is -2.44. The van der Waals surface area contributed by atoms with Crippen LogP contribution in [0.25, 0.3) is 21.5 Å². The smallest absolute Gasteiger partial charge is 0.134 e. The maximum atomic E-state index is 6.43. The Hall–Kier alpha value is -2.06. The molecule has 0 radical (unpaired) electrons. The van der Waals surface area contributed by atoms with E-state index in [0.717, 1.165) is 19.0 Å². The predicted octanol–water partition coefficient (Wildman–Crippen LogP) is 5.71. The first-order valence-electron chi connectivity index (χ1n) is 9.02. The lowest BCUT2D eigenvalue weighted by atomic mass is 9.85. The molecule has 0 unspecified atom stereocenters. The SMILES string of the molecule is CC1(COc2c3ccccc3cc3ccc(C(C)(C)C)cc23)COC1. The van der Waals surface area contributed by atoms with E-state index in [2.05, 4.69) is 76.2 Å². The van der Waals surface area contributed by atoms with Crippen molar-refractivity contribution in [1.82, 2.24) is 0 Å². The first-order valence-corrected chi connectivity index (χ1v) is 9.02. The molecule has 2 heteroatoms. The van der Waals surface area contributed by atoms with E-state index in [1.165, 1.54) is 27.1 Å². The lowest BCUT2D eigenvalue weighted by Gasteiger charge is -2.37. The molecule has 1 aliphatic rings. The standard InChI is InChI=1S/C23H26O2/c1-22(2,3)18-10-9-17-11-16-7-5-6-8-19(16)21(20(17)12-18)25-15-23(4)13-24-14-23/h5-12H,13-15H2,1-4H3. The van der Waals surface area contributed by atoms with Crippen molar-refractivity contribution in [2.24, 2.45) is 5.41 Å². The van der Waals surface area contributed by atoms with Gasteiger partial charge in [0.2, 0.25) is 0 Å². The van der Waals surface area contributed by atoms with Crippen molar-refractivity contribution in [2.45, 2.75) is 33.1 Å². The highest BCUT2D eigenvalue weighted by atomic mass is 16.5. The zero-order valence-electron chi connectivity index (χ0n) is 15.6. The van der Waals surface area contributed by atoms with Crippen molar-refractivity contribution in [1.29, 1.82) is 0 Å². The summed E-state index contributed by atoms with van der Waals surface area (Å²) in [4.78, 5) is 0. The van der Waals surface area contributed by atoms with Crippen LogP contribution in [0, 0.1) is 5.41 Å². The molecule has 25 heavy (non-hydrogen) atoms. The van der Waals surface area contributed by atoms with E-state index in [1.807, 2.05) is 0 Å². The normalized spacial score (nSPS) is 16.8. The topological polar surface area (TPSA) is 18.5 Å². The minimum Gasteiger partial charge on any atom is -0.492 e. The van der Waals surface area contributed by atoms with Crippen LogP contribution in [0.4, 0.5) is 0 Å². The van der Waals surface area contributed by atoms with Crippen molar-refractivity contribution in [3.63, 3.8) is 0 Å². The third-order valence-electron chi connectivity index (χ3n) is 5.15. The Morgan fingerprint density at radius 3 is 2.36 bits per heavy atom. The lowest BCUT2D eigenvalue weighted by molar-refractivity contribution is -0.120. The van der Waals surface area contributed by atoms with Gasteiger partial charge >= 0.3 is 0 Å². The molecule has 0 atom stereocenters. The number of benzene rings is 3. The third kappa shape index (κ3) is 3.00. The van der Waals surface area contributed by atoms with Gasteiger partial charge in [-0.15, -0.1) is 0 Å². The maximum absolute atomic E-state index is 6.43. The molecule has 130 valence electrons. The fraction of sp³-hybridized carbons (Fsp3) is 0.391. The van der Waals surface area contributed by atoms with Gasteiger partial charge in [-0.05, 0) is 33.9 Å². The summed E-state index contributed by atoms with van der Waals surface area (Å²) in [5.74, 6) is 1.01. The van der Waals surface area contributed by atoms with Crippen molar-refractivity contribution >= 4 is 21.5 Å². The van der Waals surface area contributed by atoms with Crippen LogP contribution in [0.15, 0.2) is 48.5 Å². The van der Waals surface area contributed by atoms with Gasteiger partial charge in [0.1, 0.15) is 5.75 Å². The van der Waals surface area contributed by atoms with Gasteiger partial charge in [0.05, 0.1) is 19.8 Å². The third-order valence-corrected chi connectivity index (χ3v) is 5.15. The van der Waals surface area contributed by atoms with Gasteiger partial charge < -0.3 is 9.47 Å². The molecule has 1 fully saturated rings. The summed E-state index contributed by atoms with van der Waals surface area (Å²) in [7, 11) is 0. The largest absolute Gasteiger partial charge is 0.492 e. The highest BCUT2D eigenvalue weighted by molar-refractivity contribution is 6.05. The molecule has 0 N–H and O–H groups in total. The average Bonchev–Trinajstić information content (AvgIpc) is 2.55. The first kappa shape index (κ1) is 16.4. The van der Waals surface area contributed by atoms with E-state index < -0.39 is 0 Å². The van der Waals surface area contributed by atoms with E-state index >= 15 is 0 Å². The van der Waals surface area contributed by atoms with Crippen LogP contribution in [0.2, 0.25) is 0 Å². The molecule has 0 aromatic heterocycles. The first-order chi connectivity index (χ1) is 11.9. The Labute approximate surface area is 149 Å². The maximum Gasteiger partial charge on any atom is 0.134 e.